The fraction of sp³-hybridized carbons (Fsp3) is 0.643. The molecule has 0 aromatic carbocycles. The van der Waals surface area contributed by atoms with E-state index in [0.29, 0.717) is 12.1 Å². The molecule has 0 amide bonds. The maximum atomic E-state index is 9.39. The summed E-state index contributed by atoms with van der Waals surface area (Å²) in [5.41, 5.74) is 2.58. The second-order valence-electron chi connectivity index (χ2n) is 5.15. The Hall–Kier alpha value is -0.930. The Kier molecular flexibility index (Phi) is 4.13. The maximum absolute atomic E-state index is 9.39. The Balaban J connectivity index is 2.03. The monoisotopic (exact) mass is 234 g/mol. The van der Waals surface area contributed by atoms with Gasteiger partial charge in [-0.2, -0.15) is 0 Å². The second-order valence-corrected chi connectivity index (χ2v) is 5.15. The van der Waals surface area contributed by atoms with Crippen LogP contribution in [0.1, 0.15) is 50.4 Å². The number of aryl methyl sites for hydroxylation is 1. The zero-order chi connectivity index (χ0) is 12.3. The van der Waals surface area contributed by atoms with Crippen LogP contribution in [0.15, 0.2) is 18.3 Å². The topological polar surface area (TPSA) is 45.1 Å². The van der Waals surface area contributed by atoms with E-state index in [-0.39, 0.29) is 6.10 Å². The average molecular weight is 234 g/mol. The number of nitrogens with one attached hydrogen (secondary N) is 1. The van der Waals surface area contributed by atoms with Crippen molar-refractivity contribution in [1.82, 2.24) is 10.3 Å². The molecule has 1 aliphatic rings. The number of rotatable bonds is 4. The highest BCUT2D eigenvalue weighted by molar-refractivity contribution is 5.25. The Morgan fingerprint density at radius 1 is 1.53 bits per heavy atom. The molecule has 3 heteroatoms. The van der Waals surface area contributed by atoms with E-state index >= 15 is 0 Å². The summed E-state index contributed by atoms with van der Waals surface area (Å²) in [4.78, 5) is 4.51. The minimum atomic E-state index is -0.246. The van der Waals surface area contributed by atoms with E-state index in [0.717, 1.165) is 19.3 Å². The Labute approximate surface area is 103 Å². The lowest BCUT2D eigenvalue weighted by atomic mass is 9.91. The van der Waals surface area contributed by atoms with Gasteiger partial charge >= 0.3 is 0 Å². The van der Waals surface area contributed by atoms with Gasteiger partial charge in [0.05, 0.1) is 11.8 Å². The molecule has 0 bridgehead atoms. The summed E-state index contributed by atoms with van der Waals surface area (Å²) in [5.74, 6) is 0. The lowest BCUT2D eigenvalue weighted by Crippen LogP contribution is -2.35. The first kappa shape index (κ1) is 12.5. The van der Waals surface area contributed by atoms with Gasteiger partial charge in [-0.3, -0.25) is 4.98 Å². The lowest BCUT2D eigenvalue weighted by Gasteiger charge is -2.28. The van der Waals surface area contributed by atoms with Gasteiger partial charge in [-0.15, -0.1) is 0 Å². The summed E-state index contributed by atoms with van der Waals surface area (Å²) >= 11 is 0. The molecule has 3 nitrogen and oxygen atoms in total. The van der Waals surface area contributed by atoms with E-state index in [2.05, 4.69) is 23.3 Å². The summed E-state index contributed by atoms with van der Waals surface area (Å²) in [6.07, 6.45) is 5.93. The fourth-order valence-corrected chi connectivity index (χ4v) is 2.69. The molecule has 0 saturated heterocycles. The standard InChI is InChI=1S/C14H22N2O/c1-10(9-11(2)17)16-13-7-3-5-12-6-4-8-15-14(12)13/h4,6,8,10-11,13,16-17H,3,5,7,9H2,1-2H3. The van der Waals surface area contributed by atoms with E-state index < -0.39 is 0 Å². The number of nitrogens with zero attached hydrogens (tertiary/aromatic N) is 1. The molecule has 1 aromatic heterocycles. The largest absolute Gasteiger partial charge is 0.393 e. The van der Waals surface area contributed by atoms with Gasteiger partial charge in [0, 0.05) is 18.3 Å². The van der Waals surface area contributed by atoms with Crippen LogP contribution in [0.2, 0.25) is 0 Å². The van der Waals surface area contributed by atoms with Gasteiger partial charge in [-0.25, -0.2) is 0 Å². The molecule has 2 rings (SSSR count). The molecular formula is C14H22N2O. The highest BCUT2D eigenvalue weighted by Gasteiger charge is 2.22. The minimum Gasteiger partial charge on any atom is -0.393 e. The third-order valence-electron chi connectivity index (χ3n) is 3.38. The number of aliphatic hydroxyl groups is 1. The Morgan fingerprint density at radius 2 is 2.35 bits per heavy atom. The van der Waals surface area contributed by atoms with Crippen molar-refractivity contribution in [2.75, 3.05) is 0 Å². The van der Waals surface area contributed by atoms with Crippen LogP contribution < -0.4 is 5.32 Å². The summed E-state index contributed by atoms with van der Waals surface area (Å²) in [5, 5.41) is 13.0. The van der Waals surface area contributed by atoms with Crippen molar-refractivity contribution in [3.05, 3.63) is 29.6 Å². The molecule has 1 aromatic rings. The summed E-state index contributed by atoms with van der Waals surface area (Å²) in [6.45, 7) is 3.97. The van der Waals surface area contributed by atoms with Crippen LogP contribution in [0.25, 0.3) is 0 Å². The normalized spacial score (nSPS) is 22.9. The van der Waals surface area contributed by atoms with Crippen molar-refractivity contribution in [3.63, 3.8) is 0 Å². The molecule has 0 aliphatic heterocycles. The molecule has 3 atom stereocenters. The minimum absolute atomic E-state index is 0.246. The van der Waals surface area contributed by atoms with E-state index in [1.165, 1.54) is 17.7 Å². The van der Waals surface area contributed by atoms with Gasteiger partial charge in [0.25, 0.3) is 0 Å². The SMILES string of the molecule is CC(O)CC(C)NC1CCCc2cccnc21. The van der Waals surface area contributed by atoms with Crippen LogP contribution in [-0.4, -0.2) is 22.2 Å². The fourth-order valence-electron chi connectivity index (χ4n) is 2.69. The third-order valence-corrected chi connectivity index (χ3v) is 3.38. The molecule has 0 spiro atoms. The molecule has 2 N–H and O–H groups in total. The first-order valence-electron chi connectivity index (χ1n) is 6.54. The van der Waals surface area contributed by atoms with E-state index in [9.17, 15) is 5.11 Å². The zero-order valence-electron chi connectivity index (χ0n) is 10.7. The van der Waals surface area contributed by atoms with Crippen molar-refractivity contribution < 1.29 is 5.11 Å². The number of aliphatic hydroxyl groups excluding tert-OH is 1. The summed E-state index contributed by atoms with van der Waals surface area (Å²) in [7, 11) is 0. The molecule has 94 valence electrons. The van der Waals surface area contributed by atoms with Crippen molar-refractivity contribution in [2.45, 2.75) is 57.7 Å². The maximum Gasteiger partial charge on any atom is 0.0605 e. The molecular weight excluding hydrogens is 212 g/mol. The number of aromatic nitrogens is 1. The lowest BCUT2D eigenvalue weighted by molar-refractivity contribution is 0.166. The van der Waals surface area contributed by atoms with Crippen LogP contribution in [-0.2, 0) is 6.42 Å². The van der Waals surface area contributed by atoms with E-state index in [4.69, 9.17) is 0 Å². The summed E-state index contributed by atoms with van der Waals surface area (Å²) in [6, 6.07) is 4.87. The highest BCUT2D eigenvalue weighted by atomic mass is 16.3. The number of hydrogen-bond donors (Lipinski definition) is 2. The number of fused-ring (bicyclic) bond motifs is 1. The van der Waals surface area contributed by atoms with Crippen LogP contribution in [0.3, 0.4) is 0 Å². The highest BCUT2D eigenvalue weighted by Crippen LogP contribution is 2.28. The molecule has 17 heavy (non-hydrogen) atoms. The second kappa shape index (κ2) is 5.61. The summed E-state index contributed by atoms with van der Waals surface area (Å²) < 4.78 is 0. The first-order valence-corrected chi connectivity index (χ1v) is 6.54. The van der Waals surface area contributed by atoms with Gasteiger partial charge in [-0.1, -0.05) is 6.07 Å². The van der Waals surface area contributed by atoms with Gasteiger partial charge < -0.3 is 10.4 Å². The molecule has 0 radical (unpaired) electrons. The van der Waals surface area contributed by atoms with E-state index in [1.54, 1.807) is 0 Å². The predicted octanol–water partition coefficient (Wildman–Crippen LogP) is 2.21. The molecule has 0 fully saturated rings. The quantitative estimate of drug-likeness (QED) is 0.839. The molecule has 0 saturated carbocycles. The van der Waals surface area contributed by atoms with Gasteiger partial charge in [0.2, 0.25) is 0 Å². The smallest absolute Gasteiger partial charge is 0.0605 e. The van der Waals surface area contributed by atoms with Crippen LogP contribution >= 0.6 is 0 Å². The van der Waals surface area contributed by atoms with Crippen molar-refractivity contribution in [3.8, 4) is 0 Å². The predicted molar refractivity (Wildman–Crippen MR) is 68.8 cm³/mol. The van der Waals surface area contributed by atoms with E-state index in [1.807, 2.05) is 19.2 Å². The third kappa shape index (κ3) is 3.27. The van der Waals surface area contributed by atoms with Crippen molar-refractivity contribution >= 4 is 0 Å². The van der Waals surface area contributed by atoms with Gasteiger partial charge in [0.1, 0.15) is 0 Å². The Bertz CT molecular complexity index is 365. The molecule has 3 unspecified atom stereocenters. The van der Waals surface area contributed by atoms with Crippen molar-refractivity contribution in [1.29, 1.82) is 0 Å². The van der Waals surface area contributed by atoms with Crippen LogP contribution in [0.4, 0.5) is 0 Å². The van der Waals surface area contributed by atoms with Crippen molar-refractivity contribution in [2.24, 2.45) is 0 Å². The van der Waals surface area contributed by atoms with Gasteiger partial charge in [0.15, 0.2) is 0 Å². The van der Waals surface area contributed by atoms with Crippen LogP contribution in [0.5, 0.6) is 0 Å². The number of hydrogen-bond acceptors (Lipinski definition) is 3. The Morgan fingerprint density at radius 3 is 3.12 bits per heavy atom. The molecule has 1 aliphatic carbocycles. The first-order chi connectivity index (χ1) is 8.16. The average Bonchev–Trinajstić information content (AvgIpc) is 2.28. The number of pyridine rings is 1. The van der Waals surface area contributed by atoms with Crippen LogP contribution in [0, 0.1) is 0 Å². The van der Waals surface area contributed by atoms with Gasteiger partial charge in [-0.05, 0) is 51.2 Å². The molecule has 1 heterocycles. The zero-order valence-corrected chi connectivity index (χ0v) is 10.7.